The standard InChI is InChI=1S/C20H23N3O5S2/c1-13-8-17(14(2)23(13)10-16-4-3-6-27-16)18(24)11-29-20-22-21-19(28-20)9-15-5-7-30(25,26)12-15/h3-4,6,8,15H,5,7,9-12H2,1-2H3. The van der Waals surface area contributed by atoms with Crippen LogP contribution in [0.4, 0.5) is 0 Å². The van der Waals surface area contributed by atoms with Gasteiger partial charge in [-0.25, -0.2) is 8.42 Å². The Hall–Kier alpha value is -2.33. The molecule has 1 aliphatic rings. The van der Waals surface area contributed by atoms with E-state index < -0.39 is 9.84 Å². The summed E-state index contributed by atoms with van der Waals surface area (Å²) in [5.41, 5.74) is 2.55. The average Bonchev–Trinajstić information content (AvgIpc) is 3.47. The van der Waals surface area contributed by atoms with Crippen LogP contribution in [0.5, 0.6) is 0 Å². The monoisotopic (exact) mass is 449 g/mol. The second kappa shape index (κ2) is 8.43. The lowest BCUT2D eigenvalue weighted by atomic mass is 10.1. The number of rotatable bonds is 8. The van der Waals surface area contributed by atoms with Crippen LogP contribution >= 0.6 is 11.8 Å². The molecule has 0 aliphatic carbocycles. The van der Waals surface area contributed by atoms with Gasteiger partial charge in [0.15, 0.2) is 15.6 Å². The third-order valence-corrected chi connectivity index (χ3v) is 7.99. The number of carbonyl (C=O) groups is 1. The van der Waals surface area contributed by atoms with Gasteiger partial charge >= 0.3 is 0 Å². The smallest absolute Gasteiger partial charge is 0.277 e. The van der Waals surface area contributed by atoms with Crippen LogP contribution < -0.4 is 0 Å². The van der Waals surface area contributed by atoms with Crippen LogP contribution in [0.15, 0.2) is 38.5 Å². The predicted molar refractivity (Wildman–Crippen MR) is 112 cm³/mol. The molecule has 0 saturated carbocycles. The summed E-state index contributed by atoms with van der Waals surface area (Å²) in [6, 6.07) is 5.64. The van der Waals surface area contributed by atoms with Crippen molar-refractivity contribution in [1.82, 2.24) is 14.8 Å². The lowest BCUT2D eigenvalue weighted by molar-refractivity contribution is 0.102. The number of nitrogens with zero attached hydrogens (tertiary/aromatic N) is 3. The molecule has 1 unspecified atom stereocenters. The first-order chi connectivity index (χ1) is 14.3. The molecule has 4 rings (SSSR count). The van der Waals surface area contributed by atoms with Crippen molar-refractivity contribution in [2.75, 3.05) is 17.3 Å². The molecule has 0 aromatic carbocycles. The van der Waals surface area contributed by atoms with E-state index in [0.29, 0.717) is 36.1 Å². The third-order valence-electron chi connectivity index (χ3n) is 5.33. The number of carbonyl (C=O) groups excluding carboxylic acids is 1. The van der Waals surface area contributed by atoms with E-state index in [1.807, 2.05) is 32.0 Å². The topological polar surface area (TPSA) is 108 Å². The maximum Gasteiger partial charge on any atom is 0.277 e. The predicted octanol–water partition coefficient (Wildman–Crippen LogP) is 3.08. The first kappa shape index (κ1) is 20.9. The Morgan fingerprint density at radius 2 is 2.17 bits per heavy atom. The van der Waals surface area contributed by atoms with Gasteiger partial charge in [-0.05, 0) is 44.4 Å². The van der Waals surface area contributed by atoms with E-state index in [0.717, 1.165) is 17.1 Å². The molecular formula is C20H23N3O5S2. The molecular weight excluding hydrogens is 426 g/mol. The Labute approximate surface area is 179 Å². The molecule has 0 radical (unpaired) electrons. The number of aryl methyl sites for hydroxylation is 1. The van der Waals surface area contributed by atoms with Crippen LogP contribution in [0.3, 0.4) is 0 Å². The molecule has 0 spiro atoms. The van der Waals surface area contributed by atoms with Gasteiger partial charge in [-0.3, -0.25) is 4.79 Å². The lowest BCUT2D eigenvalue weighted by Crippen LogP contribution is -2.07. The molecule has 1 aliphatic heterocycles. The summed E-state index contributed by atoms with van der Waals surface area (Å²) in [6.07, 6.45) is 2.71. The average molecular weight is 450 g/mol. The third kappa shape index (κ3) is 4.70. The summed E-state index contributed by atoms with van der Waals surface area (Å²) >= 11 is 1.20. The maximum absolute atomic E-state index is 12.7. The fourth-order valence-corrected chi connectivity index (χ4v) is 6.27. The molecule has 3 aromatic heterocycles. The van der Waals surface area contributed by atoms with E-state index >= 15 is 0 Å². The van der Waals surface area contributed by atoms with E-state index in [1.165, 1.54) is 11.8 Å². The Morgan fingerprint density at radius 3 is 2.87 bits per heavy atom. The number of aromatic nitrogens is 3. The van der Waals surface area contributed by atoms with Crippen LogP contribution in [0, 0.1) is 19.8 Å². The van der Waals surface area contributed by atoms with Gasteiger partial charge in [-0.15, -0.1) is 10.2 Å². The molecule has 0 bridgehead atoms. The quantitative estimate of drug-likeness (QED) is 0.381. The van der Waals surface area contributed by atoms with Crippen molar-refractivity contribution in [3.05, 3.63) is 53.1 Å². The van der Waals surface area contributed by atoms with Crippen LogP contribution in [0.25, 0.3) is 0 Å². The van der Waals surface area contributed by atoms with E-state index in [2.05, 4.69) is 14.8 Å². The first-order valence-electron chi connectivity index (χ1n) is 9.68. The number of furan rings is 1. The van der Waals surface area contributed by atoms with Crippen molar-refractivity contribution >= 4 is 27.4 Å². The highest BCUT2D eigenvalue weighted by atomic mass is 32.2. The minimum Gasteiger partial charge on any atom is -0.467 e. The molecule has 1 saturated heterocycles. The van der Waals surface area contributed by atoms with Gasteiger partial charge in [0, 0.05) is 23.4 Å². The number of hydrogen-bond donors (Lipinski definition) is 0. The highest BCUT2D eigenvalue weighted by molar-refractivity contribution is 7.99. The van der Waals surface area contributed by atoms with Gasteiger partial charge in [0.1, 0.15) is 5.76 Å². The molecule has 0 amide bonds. The van der Waals surface area contributed by atoms with Crippen LogP contribution in [-0.4, -0.2) is 46.2 Å². The number of ketones is 1. The Balaban J connectivity index is 1.36. The largest absolute Gasteiger partial charge is 0.467 e. The molecule has 8 nitrogen and oxygen atoms in total. The van der Waals surface area contributed by atoms with E-state index in [-0.39, 0.29) is 29.0 Å². The normalized spacial score (nSPS) is 18.1. The molecule has 10 heteroatoms. The second-order valence-corrected chi connectivity index (χ2v) is 10.8. The molecule has 0 N–H and O–H groups in total. The summed E-state index contributed by atoms with van der Waals surface area (Å²) < 4.78 is 36.2. The number of thioether (sulfide) groups is 1. The molecule has 4 heterocycles. The maximum atomic E-state index is 12.7. The van der Waals surface area contributed by atoms with Crippen LogP contribution in [0.2, 0.25) is 0 Å². The van der Waals surface area contributed by atoms with Gasteiger partial charge in [-0.1, -0.05) is 11.8 Å². The van der Waals surface area contributed by atoms with E-state index in [4.69, 9.17) is 8.83 Å². The minimum absolute atomic E-state index is 0.0135. The molecule has 1 atom stereocenters. The SMILES string of the molecule is Cc1cc(C(=O)CSc2nnc(CC3CCS(=O)(=O)C3)o2)c(C)n1Cc1ccco1. The number of hydrogen-bond acceptors (Lipinski definition) is 8. The molecule has 3 aromatic rings. The fraction of sp³-hybridized carbons (Fsp3) is 0.450. The minimum atomic E-state index is -2.93. The summed E-state index contributed by atoms with van der Waals surface area (Å²) in [7, 11) is -2.93. The molecule has 1 fully saturated rings. The van der Waals surface area contributed by atoms with Crippen molar-refractivity contribution in [2.24, 2.45) is 5.92 Å². The van der Waals surface area contributed by atoms with Crippen molar-refractivity contribution in [3.8, 4) is 0 Å². The second-order valence-electron chi connectivity index (χ2n) is 7.60. The lowest BCUT2D eigenvalue weighted by Gasteiger charge is -2.07. The van der Waals surface area contributed by atoms with Gasteiger partial charge in [-0.2, -0.15) is 0 Å². The van der Waals surface area contributed by atoms with Crippen molar-refractivity contribution in [2.45, 2.75) is 38.5 Å². The number of sulfone groups is 1. The molecule has 160 valence electrons. The Bertz CT molecular complexity index is 1150. The summed E-state index contributed by atoms with van der Waals surface area (Å²) in [5.74, 6) is 1.84. The van der Waals surface area contributed by atoms with Gasteiger partial charge in [0.2, 0.25) is 5.89 Å². The van der Waals surface area contributed by atoms with Gasteiger partial charge < -0.3 is 13.4 Å². The zero-order chi connectivity index (χ0) is 21.3. The van der Waals surface area contributed by atoms with Crippen LogP contribution in [0.1, 0.15) is 39.8 Å². The zero-order valence-corrected chi connectivity index (χ0v) is 18.5. The fourth-order valence-electron chi connectivity index (χ4n) is 3.75. The van der Waals surface area contributed by atoms with Crippen molar-refractivity contribution in [1.29, 1.82) is 0 Å². The Kier molecular flexibility index (Phi) is 5.88. The number of Topliss-reactive ketones (excluding diaryl/α,β-unsaturated/α-hetero) is 1. The highest BCUT2D eigenvalue weighted by Crippen LogP contribution is 2.25. The first-order valence-corrected chi connectivity index (χ1v) is 12.5. The Morgan fingerprint density at radius 1 is 1.33 bits per heavy atom. The summed E-state index contributed by atoms with van der Waals surface area (Å²) in [4.78, 5) is 12.7. The highest BCUT2D eigenvalue weighted by Gasteiger charge is 2.29. The van der Waals surface area contributed by atoms with E-state index in [9.17, 15) is 13.2 Å². The van der Waals surface area contributed by atoms with Crippen molar-refractivity contribution < 1.29 is 22.0 Å². The summed E-state index contributed by atoms with van der Waals surface area (Å²) in [6.45, 7) is 4.47. The zero-order valence-electron chi connectivity index (χ0n) is 16.8. The van der Waals surface area contributed by atoms with Crippen LogP contribution in [-0.2, 0) is 22.8 Å². The molecule has 30 heavy (non-hydrogen) atoms. The summed E-state index contributed by atoms with van der Waals surface area (Å²) in [5, 5.41) is 8.30. The van der Waals surface area contributed by atoms with Gasteiger partial charge in [0.25, 0.3) is 5.22 Å². The van der Waals surface area contributed by atoms with Gasteiger partial charge in [0.05, 0.1) is 30.1 Å². The van der Waals surface area contributed by atoms with Crippen molar-refractivity contribution in [3.63, 3.8) is 0 Å². The van der Waals surface area contributed by atoms with E-state index in [1.54, 1.807) is 6.26 Å².